The van der Waals surface area contributed by atoms with Crippen LogP contribution in [-0.2, 0) is 9.53 Å². The molecule has 4 heteroatoms. The van der Waals surface area contributed by atoms with Crippen molar-refractivity contribution in [2.75, 3.05) is 13.2 Å². The summed E-state index contributed by atoms with van der Waals surface area (Å²) in [5.74, 6) is -0.319. The molecule has 0 aliphatic heterocycles. The van der Waals surface area contributed by atoms with E-state index in [9.17, 15) is 9.70 Å². The zero-order valence-corrected chi connectivity index (χ0v) is 5.29. The maximum absolute atomic E-state index is 10.1. The fourth-order valence-corrected chi connectivity index (χ4v) is 0.345. The van der Waals surface area contributed by atoms with Crippen molar-refractivity contribution < 1.29 is 9.53 Å². The van der Waals surface area contributed by atoms with Gasteiger partial charge in [-0.1, -0.05) is 5.18 Å². The van der Waals surface area contributed by atoms with E-state index in [2.05, 4.69) is 9.91 Å². The van der Waals surface area contributed by atoms with Crippen LogP contribution in [0.2, 0.25) is 0 Å². The van der Waals surface area contributed by atoms with Gasteiger partial charge in [0.05, 0.1) is 13.2 Å². The van der Waals surface area contributed by atoms with Gasteiger partial charge in [0.15, 0.2) is 0 Å². The second-order valence-electron chi connectivity index (χ2n) is 1.55. The van der Waals surface area contributed by atoms with E-state index >= 15 is 0 Å². The number of rotatable bonds is 4. The maximum atomic E-state index is 10.1. The standard InChI is InChI=1S/C5H9NO3/c1-5(7)9-4-2-3-6-8/h2-4H2,1H3. The fourth-order valence-electron chi connectivity index (χ4n) is 0.345. The summed E-state index contributed by atoms with van der Waals surface area (Å²) in [6.07, 6.45) is 0.517. The first-order valence-electron chi connectivity index (χ1n) is 2.70. The molecule has 0 radical (unpaired) electrons. The molecule has 52 valence electrons. The largest absolute Gasteiger partial charge is 0.466 e. The molecule has 0 atom stereocenters. The first kappa shape index (κ1) is 8.07. The maximum Gasteiger partial charge on any atom is 0.302 e. The lowest BCUT2D eigenvalue weighted by Crippen LogP contribution is -2.01. The number of hydrogen-bond acceptors (Lipinski definition) is 4. The van der Waals surface area contributed by atoms with E-state index in [1.807, 2.05) is 0 Å². The van der Waals surface area contributed by atoms with Crippen LogP contribution in [0.4, 0.5) is 0 Å². The van der Waals surface area contributed by atoms with Gasteiger partial charge in [-0.05, 0) is 0 Å². The number of ether oxygens (including phenoxy) is 1. The van der Waals surface area contributed by atoms with Gasteiger partial charge in [0.25, 0.3) is 0 Å². The smallest absolute Gasteiger partial charge is 0.302 e. The zero-order valence-electron chi connectivity index (χ0n) is 5.29. The molecule has 0 aromatic heterocycles. The van der Waals surface area contributed by atoms with Crippen LogP contribution in [0.3, 0.4) is 0 Å². The molecule has 0 saturated carbocycles. The number of esters is 1. The molecular weight excluding hydrogens is 122 g/mol. The highest BCUT2D eigenvalue weighted by Crippen LogP contribution is 1.83. The Morgan fingerprint density at radius 1 is 1.67 bits per heavy atom. The number of carbonyl (C=O) groups excluding carboxylic acids is 1. The summed E-state index contributed by atoms with van der Waals surface area (Å²) in [5, 5.41) is 2.59. The lowest BCUT2D eigenvalue weighted by molar-refractivity contribution is -0.140. The third-order valence-corrected chi connectivity index (χ3v) is 0.699. The number of carbonyl (C=O) groups is 1. The topological polar surface area (TPSA) is 55.7 Å². The van der Waals surface area contributed by atoms with Gasteiger partial charge in [-0.15, -0.1) is 0 Å². The highest BCUT2D eigenvalue weighted by Gasteiger charge is 1.90. The van der Waals surface area contributed by atoms with Crippen molar-refractivity contribution >= 4 is 5.97 Å². The molecule has 0 aliphatic carbocycles. The van der Waals surface area contributed by atoms with E-state index in [4.69, 9.17) is 0 Å². The van der Waals surface area contributed by atoms with Gasteiger partial charge in [0.2, 0.25) is 0 Å². The Bertz CT molecular complexity index is 102. The van der Waals surface area contributed by atoms with Crippen LogP contribution in [0.25, 0.3) is 0 Å². The lowest BCUT2D eigenvalue weighted by atomic mass is 10.5. The minimum Gasteiger partial charge on any atom is -0.466 e. The van der Waals surface area contributed by atoms with Crippen molar-refractivity contribution in [3.05, 3.63) is 4.91 Å². The third kappa shape index (κ3) is 7.07. The monoisotopic (exact) mass is 131 g/mol. The number of hydrogen-bond donors (Lipinski definition) is 0. The van der Waals surface area contributed by atoms with E-state index in [-0.39, 0.29) is 12.5 Å². The minimum atomic E-state index is -0.319. The van der Waals surface area contributed by atoms with Gasteiger partial charge >= 0.3 is 5.97 Å². The van der Waals surface area contributed by atoms with Gasteiger partial charge in [-0.25, -0.2) is 0 Å². The molecule has 0 aromatic carbocycles. The molecule has 0 unspecified atom stereocenters. The van der Waals surface area contributed by atoms with Crippen molar-refractivity contribution in [3.63, 3.8) is 0 Å². The molecule has 0 saturated heterocycles. The Balaban J connectivity index is 2.91. The van der Waals surface area contributed by atoms with Crippen molar-refractivity contribution in [2.45, 2.75) is 13.3 Å². The molecule has 0 fully saturated rings. The molecule has 0 rings (SSSR count). The molecular formula is C5H9NO3. The van der Waals surface area contributed by atoms with E-state index < -0.39 is 0 Å². The molecule has 0 aromatic rings. The molecule has 0 heterocycles. The highest BCUT2D eigenvalue weighted by atomic mass is 16.5. The summed E-state index contributed by atoms with van der Waals surface area (Å²) in [6, 6.07) is 0. The van der Waals surface area contributed by atoms with E-state index in [1.165, 1.54) is 6.92 Å². The predicted octanol–water partition coefficient (Wildman–Crippen LogP) is 0.706. The fraction of sp³-hybridized carbons (Fsp3) is 0.800. The van der Waals surface area contributed by atoms with Gasteiger partial charge in [-0.2, -0.15) is 4.91 Å². The van der Waals surface area contributed by atoms with Gasteiger partial charge in [0, 0.05) is 13.3 Å². The predicted molar refractivity (Wildman–Crippen MR) is 31.9 cm³/mol. The van der Waals surface area contributed by atoms with E-state index in [0.29, 0.717) is 13.0 Å². The van der Waals surface area contributed by atoms with Crippen molar-refractivity contribution in [1.82, 2.24) is 0 Å². The summed E-state index contributed by atoms with van der Waals surface area (Å²) in [4.78, 5) is 19.5. The summed E-state index contributed by atoms with van der Waals surface area (Å²) in [5.41, 5.74) is 0. The molecule has 0 bridgehead atoms. The second kappa shape index (κ2) is 5.21. The normalized spacial score (nSPS) is 8.56. The SMILES string of the molecule is CC(=O)OCCCN=O. The van der Waals surface area contributed by atoms with Crippen LogP contribution in [0.1, 0.15) is 13.3 Å². The molecule has 0 N–H and O–H groups in total. The Morgan fingerprint density at radius 2 is 2.33 bits per heavy atom. The van der Waals surface area contributed by atoms with Gasteiger partial charge in [0.1, 0.15) is 0 Å². The Hall–Kier alpha value is -0.930. The van der Waals surface area contributed by atoms with Crippen LogP contribution in [0.5, 0.6) is 0 Å². The number of nitrogens with zero attached hydrogens (tertiary/aromatic N) is 1. The third-order valence-electron chi connectivity index (χ3n) is 0.699. The van der Waals surface area contributed by atoms with Crippen molar-refractivity contribution in [2.24, 2.45) is 5.18 Å². The Kier molecular flexibility index (Phi) is 4.67. The van der Waals surface area contributed by atoms with Gasteiger partial charge < -0.3 is 4.74 Å². The molecule has 0 spiro atoms. The minimum absolute atomic E-state index is 0.216. The summed E-state index contributed by atoms with van der Waals surface area (Å²) < 4.78 is 4.51. The second-order valence-corrected chi connectivity index (χ2v) is 1.55. The van der Waals surface area contributed by atoms with Crippen LogP contribution in [-0.4, -0.2) is 19.1 Å². The zero-order chi connectivity index (χ0) is 7.11. The summed E-state index contributed by atoms with van der Waals surface area (Å²) in [7, 11) is 0. The number of nitroso groups, excluding NO2 is 1. The van der Waals surface area contributed by atoms with E-state index in [1.54, 1.807) is 0 Å². The molecule has 0 aliphatic rings. The summed E-state index contributed by atoms with van der Waals surface area (Å²) >= 11 is 0. The molecule has 4 nitrogen and oxygen atoms in total. The Morgan fingerprint density at radius 3 is 2.78 bits per heavy atom. The first-order valence-corrected chi connectivity index (χ1v) is 2.70. The van der Waals surface area contributed by atoms with Crippen molar-refractivity contribution in [1.29, 1.82) is 0 Å². The van der Waals surface area contributed by atoms with Gasteiger partial charge in [-0.3, -0.25) is 4.79 Å². The molecule has 0 amide bonds. The Labute approximate surface area is 53.2 Å². The summed E-state index contributed by atoms with van der Waals surface area (Å²) in [6.45, 7) is 1.84. The van der Waals surface area contributed by atoms with Crippen molar-refractivity contribution in [3.8, 4) is 0 Å². The molecule has 9 heavy (non-hydrogen) atoms. The quantitative estimate of drug-likeness (QED) is 0.320. The van der Waals surface area contributed by atoms with Crippen LogP contribution >= 0.6 is 0 Å². The van der Waals surface area contributed by atoms with E-state index in [0.717, 1.165) is 0 Å². The average molecular weight is 131 g/mol. The highest BCUT2D eigenvalue weighted by molar-refractivity contribution is 5.65. The van der Waals surface area contributed by atoms with Crippen LogP contribution in [0, 0.1) is 4.91 Å². The lowest BCUT2D eigenvalue weighted by Gasteiger charge is -1.95. The average Bonchev–Trinajstić information content (AvgIpc) is 1.80. The van der Waals surface area contributed by atoms with Crippen LogP contribution < -0.4 is 0 Å². The van der Waals surface area contributed by atoms with Crippen LogP contribution in [0.15, 0.2) is 5.18 Å². The first-order chi connectivity index (χ1) is 4.27.